The quantitative estimate of drug-likeness (QED) is 0.552. The topological polar surface area (TPSA) is 85.9 Å². The maximum absolute atomic E-state index is 13.6. The largest absolute Gasteiger partial charge is 0.374 e. The zero-order valence-electron chi connectivity index (χ0n) is 20.7. The zero-order valence-corrected chi connectivity index (χ0v) is 21.6. The number of amides is 1. The number of benzene rings is 2. The van der Waals surface area contributed by atoms with Crippen molar-refractivity contribution in [2.75, 3.05) is 44.7 Å². The van der Waals surface area contributed by atoms with Crippen molar-refractivity contribution in [3.05, 3.63) is 48.0 Å². The first-order valence-electron chi connectivity index (χ1n) is 12.7. The summed E-state index contributed by atoms with van der Waals surface area (Å²) in [6, 6.07) is 13.7. The average Bonchev–Trinajstić information content (AvgIpc) is 3.67. The lowest BCUT2D eigenvalue weighted by Crippen LogP contribution is -2.46. The fraction of sp³-hybridized carbons (Fsp3) is 0.444. The minimum Gasteiger partial charge on any atom is -0.374 e. The van der Waals surface area contributed by atoms with Gasteiger partial charge in [-0.25, -0.2) is 8.42 Å². The van der Waals surface area contributed by atoms with Crippen molar-refractivity contribution in [1.29, 1.82) is 0 Å². The number of rotatable bonds is 6. The smallest absolute Gasteiger partial charge is 0.243 e. The Morgan fingerprint density at radius 2 is 1.94 bits per heavy atom. The lowest BCUT2D eigenvalue weighted by Gasteiger charge is -2.28. The summed E-state index contributed by atoms with van der Waals surface area (Å²) in [7, 11) is -2.38. The minimum atomic E-state index is -3.86. The Labute approximate surface area is 211 Å². The van der Waals surface area contributed by atoms with Gasteiger partial charge in [0.15, 0.2) is 0 Å². The predicted molar refractivity (Wildman–Crippen MR) is 140 cm³/mol. The number of fused-ring (bicyclic) bond motifs is 3. The molecule has 0 aliphatic carbocycles. The van der Waals surface area contributed by atoms with Gasteiger partial charge in [0.2, 0.25) is 15.9 Å². The zero-order chi connectivity index (χ0) is 25.0. The molecule has 4 heterocycles. The number of likely N-dealkylation sites (tertiary alicyclic amines) is 1. The van der Waals surface area contributed by atoms with Crippen molar-refractivity contribution in [3.8, 4) is 11.3 Å². The van der Waals surface area contributed by atoms with Crippen molar-refractivity contribution >= 4 is 32.5 Å². The monoisotopic (exact) mass is 508 g/mol. The first kappa shape index (κ1) is 23.5. The maximum atomic E-state index is 13.6. The second-order valence-corrected chi connectivity index (χ2v) is 12.3. The summed E-state index contributed by atoms with van der Waals surface area (Å²) in [5, 5.41) is 1.09. The highest BCUT2D eigenvalue weighted by Crippen LogP contribution is 2.37. The number of hydrogen-bond acceptors (Lipinski definition) is 5. The number of likely N-dealkylation sites (N-methyl/N-ethyl adjacent to an activating group) is 1. The summed E-state index contributed by atoms with van der Waals surface area (Å²) >= 11 is 0. The van der Waals surface area contributed by atoms with E-state index in [-0.39, 0.29) is 29.5 Å². The number of anilines is 1. The van der Waals surface area contributed by atoms with Crippen LogP contribution in [0.4, 0.5) is 5.69 Å². The molecule has 3 fully saturated rings. The molecule has 36 heavy (non-hydrogen) atoms. The van der Waals surface area contributed by atoms with E-state index < -0.39 is 10.0 Å². The number of aromatic nitrogens is 1. The SMILES string of the molecule is Cc1ccc2cc(-c3cc(S(=O)(=O)N(C)CC(=O)N4C[C@H]5C[C@@H]4CO5)ccc3N3CCCC3)[nH]c2c1. The summed E-state index contributed by atoms with van der Waals surface area (Å²) in [5.74, 6) is -0.170. The Kier molecular flexibility index (Phi) is 5.81. The first-order chi connectivity index (χ1) is 17.3. The Morgan fingerprint density at radius 3 is 2.67 bits per heavy atom. The van der Waals surface area contributed by atoms with Gasteiger partial charge in [-0.3, -0.25) is 4.79 Å². The van der Waals surface area contributed by atoms with E-state index in [2.05, 4.69) is 41.1 Å². The molecule has 0 saturated carbocycles. The van der Waals surface area contributed by atoms with Gasteiger partial charge >= 0.3 is 0 Å². The minimum absolute atomic E-state index is 0.0654. The van der Waals surface area contributed by atoms with E-state index in [1.807, 2.05) is 6.07 Å². The van der Waals surface area contributed by atoms with Crippen LogP contribution < -0.4 is 4.90 Å². The standard InChI is InChI=1S/C27H32N4O4S/c1-18-5-6-19-12-25(28-24(19)11-18)23-14-22(7-8-26(23)30-9-3-4-10-30)36(33,34)29(2)16-27(32)31-15-21-13-20(31)17-35-21/h5-8,11-12,14,20-21,28H,3-4,9-10,13,15-17H2,1-2H3/t20-,21-/m1/s1. The molecule has 1 aromatic heterocycles. The van der Waals surface area contributed by atoms with Crippen molar-refractivity contribution in [3.63, 3.8) is 0 Å². The lowest BCUT2D eigenvalue weighted by molar-refractivity contribution is -0.135. The van der Waals surface area contributed by atoms with Gasteiger partial charge in [0, 0.05) is 54.5 Å². The molecule has 3 aliphatic rings. The second-order valence-electron chi connectivity index (χ2n) is 10.3. The number of nitrogens with one attached hydrogen (secondary N) is 1. The normalized spacial score (nSPS) is 21.9. The molecule has 1 N–H and O–H groups in total. The van der Waals surface area contributed by atoms with Gasteiger partial charge in [-0.05, 0) is 62.1 Å². The second kappa shape index (κ2) is 8.90. The Bertz CT molecular complexity index is 1430. The van der Waals surface area contributed by atoms with E-state index in [1.165, 1.54) is 11.4 Å². The van der Waals surface area contributed by atoms with E-state index in [0.29, 0.717) is 13.2 Å². The van der Waals surface area contributed by atoms with E-state index >= 15 is 0 Å². The molecule has 6 rings (SSSR count). The van der Waals surface area contributed by atoms with Crippen LogP contribution in [0.25, 0.3) is 22.2 Å². The summed E-state index contributed by atoms with van der Waals surface area (Å²) in [5.41, 5.74) is 4.97. The molecule has 3 aromatic rings. The number of aryl methyl sites for hydroxylation is 1. The number of H-pyrrole nitrogens is 1. The van der Waals surface area contributed by atoms with Crippen LogP contribution in [0.15, 0.2) is 47.4 Å². The molecule has 2 bridgehead atoms. The molecule has 9 heteroatoms. The molecule has 0 radical (unpaired) electrons. The van der Waals surface area contributed by atoms with Crippen LogP contribution in [0.2, 0.25) is 0 Å². The van der Waals surface area contributed by atoms with Crippen molar-refractivity contribution < 1.29 is 17.9 Å². The Morgan fingerprint density at radius 1 is 1.14 bits per heavy atom. The maximum Gasteiger partial charge on any atom is 0.243 e. The van der Waals surface area contributed by atoms with Crippen LogP contribution in [0.3, 0.4) is 0 Å². The van der Waals surface area contributed by atoms with Crippen LogP contribution >= 0.6 is 0 Å². The van der Waals surface area contributed by atoms with Gasteiger partial charge in [0.05, 0.1) is 30.2 Å². The van der Waals surface area contributed by atoms with Crippen LogP contribution in [0.5, 0.6) is 0 Å². The summed E-state index contributed by atoms with van der Waals surface area (Å²) in [4.78, 5) is 20.7. The van der Waals surface area contributed by atoms with Crippen molar-refractivity contribution in [2.24, 2.45) is 0 Å². The van der Waals surface area contributed by atoms with E-state index in [4.69, 9.17) is 4.74 Å². The van der Waals surface area contributed by atoms with Crippen LogP contribution in [-0.2, 0) is 19.6 Å². The molecule has 8 nitrogen and oxygen atoms in total. The van der Waals surface area contributed by atoms with E-state index in [1.54, 1.807) is 17.0 Å². The van der Waals surface area contributed by atoms with Crippen molar-refractivity contribution in [2.45, 2.75) is 43.2 Å². The highest BCUT2D eigenvalue weighted by molar-refractivity contribution is 7.89. The Hall–Kier alpha value is -2.88. The fourth-order valence-corrected chi connectivity index (χ4v) is 6.91. The molecule has 190 valence electrons. The van der Waals surface area contributed by atoms with E-state index in [9.17, 15) is 13.2 Å². The molecule has 2 aromatic carbocycles. The highest BCUT2D eigenvalue weighted by atomic mass is 32.2. The van der Waals surface area contributed by atoms with Crippen LogP contribution in [0, 0.1) is 6.92 Å². The number of hydrogen-bond donors (Lipinski definition) is 1. The highest BCUT2D eigenvalue weighted by Gasteiger charge is 2.42. The third-order valence-corrected chi connectivity index (χ3v) is 9.57. The van der Waals surface area contributed by atoms with Gasteiger partial charge < -0.3 is 19.5 Å². The molecule has 3 aliphatic heterocycles. The Balaban J connectivity index is 1.33. The predicted octanol–water partition coefficient (Wildman–Crippen LogP) is 3.36. The molecule has 2 atom stereocenters. The summed E-state index contributed by atoms with van der Waals surface area (Å²) < 4.78 is 33.9. The van der Waals surface area contributed by atoms with Crippen molar-refractivity contribution in [1.82, 2.24) is 14.2 Å². The van der Waals surface area contributed by atoms with Gasteiger partial charge in [-0.2, -0.15) is 4.31 Å². The number of morpholine rings is 1. The van der Waals surface area contributed by atoms with E-state index in [0.717, 1.165) is 65.8 Å². The number of sulfonamides is 1. The number of aromatic amines is 1. The molecule has 0 unspecified atom stereocenters. The first-order valence-corrected chi connectivity index (χ1v) is 14.1. The van der Waals surface area contributed by atoms with Gasteiger partial charge in [-0.15, -0.1) is 0 Å². The molecule has 0 spiro atoms. The van der Waals surface area contributed by atoms with Gasteiger partial charge in [-0.1, -0.05) is 12.1 Å². The average molecular weight is 509 g/mol. The molecular weight excluding hydrogens is 476 g/mol. The third kappa shape index (κ3) is 4.09. The molecular formula is C27H32N4O4S. The number of nitrogens with zero attached hydrogens (tertiary/aromatic N) is 3. The number of carbonyl (C=O) groups excluding carboxylic acids is 1. The fourth-order valence-electron chi connectivity index (χ4n) is 5.76. The van der Waals surface area contributed by atoms with Gasteiger partial charge in [0.1, 0.15) is 0 Å². The summed E-state index contributed by atoms with van der Waals surface area (Å²) in [6.45, 7) is 4.87. The molecule has 1 amide bonds. The van der Waals surface area contributed by atoms with Gasteiger partial charge in [0.25, 0.3) is 0 Å². The van der Waals surface area contributed by atoms with Crippen LogP contribution in [-0.4, -0.2) is 80.5 Å². The number of carbonyl (C=O) groups is 1. The van der Waals surface area contributed by atoms with Crippen LogP contribution in [0.1, 0.15) is 24.8 Å². The molecule has 3 saturated heterocycles. The lowest BCUT2D eigenvalue weighted by atomic mass is 10.1. The number of ether oxygens (including phenoxy) is 1. The summed E-state index contributed by atoms with van der Waals surface area (Å²) in [6.07, 6.45) is 3.17. The third-order valence-electron chi connectivity index (χ3n) is 7.77.